The van der Waals surface area contributed by atoms with E-state index in [0.717, 1.165) is 19.3 Å². The number of hydrogen-bond acceptors (Lipinski definition) is 4. The molecule has 1 aliphatic carbocycles. The van der Waals surface area contributed by atoms with Crippen molar-refractivity contribution in [3.8, 4) is 0 Å². The molecule has 0 bridgehead atoms. The fourth-order valence-electron chi connectivity index (χ4n) is 2.55. The number of rotatable bonds is 5. The quantitative estimate of drug-likeness (QED) is 0.868. The van der Waals surface area contributed by atoms with Crippen LogP contribution in [-0.2, 0) is 0 Å². The van der Waals surface area contributed by atoms with Gasteiger partial charge in [-0.05, 0) is 18.8 Å². The summed E-state index contributed by atoms with van der Waals surface area (Å²) in [6.07, 6.45) is 8.13. The Balaban J connectivity index is 1.95. The molecular weight excluding hydrogens is 254 g/mol. The lowest BCUT2D eigenvalue weighted by Crippen LogP contribution is -2.36. The number of amides is 1. The SMILES string of the molecule is CCC(C)C(N)c1nc(C(=O)NC2CCCCC2)co1. The Morgan fingerprint density at radius 3 is 2.85 bits per heavy atom. The first kappa shape index (κ1) is 15.0. The van der Waals surface area contributed by atoms with Crippen molar-refractivity contribution in [3.63, 3.8) is 0 Å². The molecule has 1 aromatic heterocycles. The van der Waals surface area contributed by atoms with Crippen molar-refractivity contribution in [1.82, 2.24) is 10.3 Å². The number of nitrogens with one attached hydrogen (secondary N) is 1. The minimum absolute atomic E-state index is 0.150. The van der Waals surface area contributed by atoms with Crippen molar-refractivity contribution in [3.05, 3.63) is 17.8 Å². The van der Waals surface area contributed by atoms with Crippen LogP contribution in [0, 0.1) is 5.92 Å². The monoisotopic (exact) mass is 279 g/mol. The summed E-state index contributed by atoms with van der Waals surface area (Å²) in [5.41, 5.74) is 6.40. The molecule has 0 saturated heterocycles. The first-order valence-electron chi connectivity index (χ1n) is 7.63. The highest BCUT2D eigenvalue weighted by Crippen LogP contribution is 2.21. The summed E-state index contributed by atoms with van der Waals surface area (Å²) in [6.45, 7) is 4.13. The van der Waals surface area contributed by atoms with Gasteiger partial charge in [0.15, 0.2) is 5.69 Å². The maximum absolute atomic E-state index is 12.1. The van der Waals surface area contributed by atoms with Gasteiger partial charge >= 0.3 is 0 Å². The number of aromatic nitrogens is 1. The van der Waals surface area contributed by atoms with Gasteiger partial charge in [0.2, 0.25) is 5.89 Å². The van der Waals surface area contributed by atoms with E-state index in [1.165, 1.54) is 25.5 Å². The summed E-state index contributed by atoms with van der Waals surface area (Å²) in [4.78, 5) is 16.4. The minimum Gasteiger partial charge on any atom is -0.446 e. The van der Waals surface area contributed by atoms with E-state index < -0.39 is 0 Å². The van der Waals surface area contributed by atoms with Crippen molar-refractivity contribution < 1.29 is 9.21 Å². The Kier molecular flexibility index (Phi) is 5.17. The lowest BCUT2D eigenvalue weighted by Gasteiger charge is -2.22. The fraction of sp³-hybridized carbons (Fsp3) is 0.733. The smallest absolute Gasteiger partial charge is 0.273 e. The van der Waals surface area contributed by atoms with E-state index in [-0.39, 0.29) is 23.9 Å². The van der Waals surface area contributed by atoms with Crippen LogP contribution in [0.15, 0.2) is 10.7 Å². The molecule has 0 aliphatic heterocycles. The second-order valence-electron chi connectivity index (χ2n) is 5.79. The molecule has 0 radical (unpaired) electrons. The molecular formula is C15H25N3O2. The van der Waals surface area contributed by atoms with Crippen molar-refractivity contribution in [2.45, 2.75) is 64.5 Å². The molecule has 3 N–H and O–H groups in total. The molecule has 1 heterocycles. The summed E-state index contributed by atoms with van der Waals surface area (Å²) in [5, 5.41) is 3.03. The van der Waals surface area contributed by atoms with Gasteiger partial charge in [-0.25, -0.2) is 4.98 Å². The molecule has 5 nitrogen and oxygen atoms in total. The van der Waals surface area contributed by atoms with Crippen LogP contribution in [0.4, 0.5) is 0 Å². The van der Waals surface area contributed by atoms with E-state index in [9.17, 15) is 4.79 Å². The molecule has 1 saturated carbocycles. The third kappa shape index (κ3) is 3.60. The molecule has 0 aromatic carbocycles. The lowest BCUT2D eigenvalue weighted by molar-refractivity contribution is 0.0922. The fourth-order valence-corrected chi connectivity index (χ4v) is 2.55. The molecule has 1 aliphatic rings. The molecule has 5 heteroatoms. The van der Waals surface area contributed by atoms with Crippen molar-refractivity contribution >= 4 is 5.91 Å². The zero-order valence-corrected chi connectivity index (χ0v) is 12.4. The number of oxazole rings is 1. The topological polar surface area (TPSA) is 81.1 Å². The average Bonchev–Trinajstić information content (AvgIpc) is 2.96. The van der Waals surface area contributed by atoms with Crippen LogP contribution in [0.5, 0.6) is 0 Å². The highest BCUT2D eigenvalue weighted by molar-refractivity contribution is 5.92. The van der Waals surface area contributed by atoms with Gasteiger partial charge in [0.25, 0.3) is 5.91 Å². The summed E-state index contributed by atoms with van der Waals surface area (Å²) in [7, 11) is 0. The predicted octanol–water partition coefficient (Wildman–Crippen LogP) is 2.78. The number of hydrogen-bond donors (Lipinski definition) is 2. The Morgan fingerprint density at radius 1 is 1.50 bits per heavy atom. The summed E-state index contributed by atoms with van der Waals surface area (Å²) < 4.78 is 5.36. The second kappa shape index (κ2) is 6.88. The van der Waals surface area contributed by atoms with Crippen LogP contribution >= 0.6 is 0 Å². The Hall–Kier alpha value is -1.36. The van der Waals surface area contributed by atoms with E-state index in [1.54, 1.807) is 0 Å². The van der Waals surface area contributed by atoms with E-state index in [1.807, 2.05) is 0 Å². The van der Waals surface area contributed by atoms with Crippen molar-refractivity contribution in [2.24, 2.45) is 11.7 Å². The van der Waals surface area contributed by atoms with Gasteiger partial charge in [0, 0.05) is 6.04 Å². The zero-order chi connectivity index (χ0) is 14.5. The third-order valence-electron chi connectivity index (χ3n) is 4.24. The molecule has 2 rings (SSSR count). The highest BCUT2D eigenvalue weighted by Gasteiger charge is 2.22. The van der Waals surface area contributed by atoms with E-state index in [4.69, 9.17) is 10.2 Å². The highest BCUT2D eigenvalue weighted by atomic mass is 16.3. The Bertz CT molecular complexity index is 438. The number of carbonyl (C=O) groups is 1. The maximum Gasteiger partial charge on any atom is 0.273 e. The van der Waals surface area contributed by atoms with Gasteiger partial charge < -0.3 is 15.5 Å². The van der Waals surface area contributed by atoms with Gasteiger partial charge in [-0.15, -0.1) is 0 Å². The van der Waals surface area contributed by atoms with E-state index in [2.05, 4.69) is 24.1 Å². The zero-order valence-electron chi connectivity index (χ0n) is 12.4. The summed E-state index contributed by atoms with van der Waals surface area (Å²) in [5.74, 6) is 0.583. The second-order valence-corrected chi connectivity index (χ2v) is 5.79. The molecule has 0 spiro atoms. The largest absolute Gasteiger partial charge is 0.446 e. The van der Waals surface area contributed by atoms with Crippen LogP contribution in [0.3, 0.4) is 0 Å². The summed E-state index contributed by atoms with van der Waals surface area (Å²) in [6, 6.07) is 0.0240. The first-order valence-corrected chi connectivity index (χ1v) is 7.63. The Labute approximate surface area is 120 Å². The standard InChI is InChI=1S/C15H25N3O2/c1-3-10(2)13(16)15-18-12(9-20-15)14(19)17-11-7-5-4-6-8-11/h9-11,13H,3-8,16H2,1-2H3,(H,17,19). The van der Waals surface area contributed by atoms with Crippen molar-refractivity contribution in [1.29, 1.82) is 0 Å². The molecule has 1 aromatic rings. The molecule has 112 valence electrons. The molecule has 1 fully saturated rings. The first-order chi connectivity index (χ1) is 9.61. The molecule has 2 unspecified atom stereocenters. The van der Waals surface area contributed by atoms with Gasteiger partial charge in [-0.3, -0.25) is 4.79 Å². The lowest BCUT2D eigenvalue weighted by atomic mass is 9.95. The van der Waals surface area contributed by atoms with Crippen LogP contribution in [-0.4, -0.2) is 16.9 Å². The van der Waals surface area contributed by atoms with E-state index in [0.29, 0.717) is 11.6 Å². The van der Waals surface area contributed by atoms with Gasteiger partial charge in [-0.1, -0.05) is 39.5 Å². The third-order valence-corrected chi connectivity index (χ3v) is 4.24. The summed E-state index contributed by atoms with van der Waals surface area (Å²) >= 11 is 0. The number of nitrogens with two attached hydrogens (primary N) is 1. The number of carbonyl (C=O) groups excluding carboxylic acids is 1. The average molecular weight is 279 g/mol. The maximum atomic E-state index is 12.1. The molecule has 20 heavy (non-hydrogen) atoms. The van der Waals surface area contributed by atoms with Gasteiger partial charge in [0.05, 0.1) is 6.04 Å². The predicted molar refractivity (Wildman–Crippen MR) is 77.2 cm³/mol. The Morgan fingerprint density at radius 2 is 2.20 bits per heavy atom. The van der Waals surface area contributed by atoms with Gasteiger partial charge in [-0.2, -0.15) is 0 Å². The van der Waals surface area contributed by atoms with Crippen molar-refractivity contribution in [2.75, 3.05) is 0 Å². The van der Waals surface area contributed by atoms with Crippen LogP contribution in [0.2, 0.25) is 0 Å². The molecule has 1 amide bonds. The normalized spacial score (nSPS) is 19.6. The van der Waals surface area contributed by atoms with Crippen LogP contribution in [0.1, 0.15) is 74.8 Å². The van der Waals surface area contributed by atoms with E-state index >= 15 is 0 Å². The molecule has 2 atom stereocenters. The number of nitrogens with zero attached hydrogens (tertiary/aromatic N) is 1. The minimum atomic E-state index is -0.253. The van der Waals surface area contributed by atoms with Crippen LogP contribution in [0.25, 0.3) is 0 Å². The van der Waals surface area contributed by atoms with Gasteiger partial charge in [0.1, 0.15) is 6.26 Å². The van der Waals surface area contributed by atoms with Crippen LogP contribution < -0.4 is 11.1 Å².